The molecule has 7 heteroatoms. The zero-order chi connectivity index (χ0) is 16.4. The lowest BCUT2D eigenvalue weighted by Gasteiger charge is -2.20. The van der Waals surface area contributed by atoms with Gasteiger partial charge in [0, 0.05) is 30.8 Å². The molecule has 0 aliphatic rings. The van der Waals surface area contributed by atoms with Crippen molar-refractivity contribution in [2.75, 3.05) is 0 Å². The van der Waals surface area contributed by atoms with Gasteiger partial charge in [0.2, 0.25) is 0 Å². The van der Waals surface area contributed by atoms with Crippen LogP contribution in [0.4, 0.5) is 13.2 Å². The van der Waals surface area contributed by atoms with E-state index >= 15 is 0 Å². The van der Waals surface area contributed by atoms with Crippen molar-refractivity contribution in [2.45, 2.75) is 58.7 Å². The Hall–Kier alpha value is -1.53. The molecule has 1 amide bonds. The number of hydrogen-bond acceptors (Lipinski definition) is 1. The Morgan fingerprint density at radius 1 is 1.29 bits per heavy atom. The molecular formula is C14H22F3N3O. The molecule has 1 rings (SSSR count). The number of nitrogens with zero attached hydrogens (tertiary/aromatic N) is 3. The summed E-state index contributed by atoms with van der Waals surface area (Å²) in [6, 6.07) is 1.55. The van der Waals surface area contributed by atoms with Crippen LogP contribution in [0.1, 0.15) is 46.2 Å². The second-order valence-electron chi connectivity index (χ2n) is 6.05. The van der Waals surface area contributed by atoms with Gasteiger partial charge in [-0.2, -0.15) is 18.2 Å². The van der Waals surface area contributed by atoms with Crippen LogP contribution in [0.3, 0.4) is 0 Å². The van der Waals surface area contributed by atoms with Gasteiger partial charge in [0.15, 0.2) is 5.49 Å². The van der Waals surface area contributed by atoms with Crippen LogP contribution < -0.4 is 5.49 Å². The first-order valence-electron chi connectivity index (χ1n) is 6.91. The largest absolute Gasteiger partial charge is 0.473 e. The van der Waals surface area contributed by atoms with E-state index in [9.17, 15) is 18.0 Å². The number of hydrogen-bond donors (Lipinski definition) is 0. The molecule has 0 aliphatic heterocycles. The first-order valence-corrected chi connectivity index (χ1v) is 6.91. The molecule has 0 unspecified atom stereocenters. The number of halogens is 3. The molecule has 0 radical (unpaired) electrons. The molecule has 1 aromatic rings. The lowest BCUT2D eigenvalue weighted by atomic mass is 9.92. The third kappa shape index (κ3) is 4.22. The minimum atomic E-state index is -4.94. The minimum Gasteiger partial charge on any atom is -0.291 e. The summed E-state index contributed by atoms with van der Waals surface area (Å²) in [6.07, 6.45) is -3.25. The molecule has 0 atom stereocenters. The highest BCUT2D eigenvalue weighted by Gasteiger charge is 2.38. The molecule has 0 aromatic carbocycles. The van der Waals surface area contributed by atoms with Crippen LogP contribution in [0.25, 0.3) is 0 Å². The summed E-state index contributed by atoms with van der Waals surface area (Å²) in [6.45, 7) is 8.39. The predicted molar refractivity (Wildman–Crippen MR) is 73.6 cm³/mol. The number of carbonyl (C=O) groups is 1. The van der Waals surface area contributed by atoms with Gasteiger partial charge in [0.1, 0.15) is 0 Å². The van der Waals surface area contributed by atoms with Crippen LogP contribution in [0.5, 0.6) is 0 Å². The zero-order valence-electron chi connectivity index (χ0n) is 13.1. The first-order chi connectivity index (χ1) is 9.48. The molecule has 1 heterocycles. The summed E-state index contributed by atoms with van der Waals surface area (Å²) < 4.78 is 40.6. The SMILES string of the molecule is CCCCn1/c(=N/C(=O)C(F)(F)F)cc(C(C)(C)C)n1C. The number of aromatic nitrogens is 2. The van der Waals surface area contributed by atoms with Crippen LogP contribution in [0.15, 0.2) is 11.1 Å². The quantitative estimate of drug-likeness (QED) is 0.846. The molecule has 0 bridgehead atoms. The van der Waals surface area contributed by atoms with Crippen LogP contribution in [0, 0.1) is 0 Å². The third-order valence-corrected chi connectivity index (χ3v) is 3.19. The van der Waals surface area contributed by atoms with E-state index in [1.165, 1.54) is 0 Å². The Morgan fingerprint density at radius 3 is 2.29 bits per heavy atom. The van der Waals surface area contributed by atoms with Gasteiger partial charge >= 0.3 is 12.1 Å². The summed E-state index contributed by atoms with van der Waals surface area (Å²) in [5.74, 6) is -2.07. The van der Waals surface area contributed by atoms with Gasteiger partial charge in [-0.25, -0.2) is 0 Å². The van der Waals surface area contributed by atoms with Gasteiger partial charge in [-0.1, -0.05) is 34.1 Å². The smallest absolute Gasteiger partial charge is 0.291 e. The second kappa shape index (κ2) is 6.07. The van der Waals surface area contributed by atoms with Crippen molar-refractivity contribution >= 4 is 5.91 Å². The predicted octanol–water partition coefficient (Wildman–Crippen LogP) is 2.91. The highest BCUT2D eigenvalue weighted by Crippen LogP contribution is 2.21. The molecule has 1 aromatic heterocycles. The zero-order valence-corrected chi connectivity index (χ0v) is 13.1. The number of carbonyl (C=O) groups excluding carboxylic acids is 1. The van der Waals surface area contributed by atoms with Crippen LogP contribution >= 0.6 is 0 Å². The van der Waals surface area contributed by atoms with Crippen molar-refractivity contribution in [3.05, 3.63) is 17.2 Å². The van der Waals surface area contributed by atoms with Gasteiger partial charge in [-0.05, 0) is 6.42 Å². The summed E-state index contributed by atoms with van der Waals surface area (Å²) in [5, 5.41) is 0. The fraction of sp³-hybridized carbons (Fsp3) is 0.714. The van der Waals surface area contributed by atoms with E-state index in [-0.39, 0.29) is 10.9 Å². The van der Waals surface area contributed by atoms with Crippen molar-refractivity contribution in [1.29, 1.82) is 0 Å². The second-order valence-corrected chi connectivity index (χ2v) is 6.05. The van der Waals surface area contributed by atoms with E-state index in [2.05, 4.69) is 4.99 Å². The van der Waals surface area contributed by atoms with E-state index < -0.39 is 12.1 Å². The molecule has 21 heavy (non-hydrogen) atoms. The molecule has 0 fully saturated rings. The summed E-state index contributed by atoms with van der Waals surface area (Å²) in [4.78, 5) is 14.4. The molecule has 0 aliphatic carbocycles. The van der Waals surface area contributed by atoms with Crippen LogP contribution in [-0.4, -0.2) is 21.4 Å². The Bertz CT molecular complexity index is 574. The molecule has 0 spiro atoms. The number of unbranched alkanes of at least 4 members (excludes halogenated alkanes) is 1. The maximum absolute atomic E-state index is 12.4. The molecular weight excluding hydrogens is 283 g/mol. The van der Waals surface area contributed by atoms with Crippen molar-refractivity contribution in [1.82, 2.24) is 9.36 Å². The van der Waals surface area contributed by atoms with E-state index in [4.69, 9.17) is 0 Å². The fourth-order valence-electron chi connectivity index (χ4n) is 2.11. The monoisotopic (exact) mass is 305 g/mol. The highest BCUT2D eigenvalue weighted by molar-refractivity contribution is 5.82. The lowest BCUT2D eigenvalue weighted by molar-refractivity contribution is -0.169. The van der Waals surface area contributed by atoms with Gasteiger partial charge in [0.05, 0.1) is 0 Å². The van der Waals surface area contributed by atoms with E-state index in [1.807, 2.05) is 27.7 Å². The Labute approximate surface area is 122 Å². The number of alkyl halides is 3. The Kier molecular flexibility index (Phi) is 5.07. The number of rotatable bonds is 3. The standard InChI is InChI=1S/C14H22F3N3O/c1-6-7-8-20-11(18-12(21)14(15,16)17)9-10(19(20)5)13(2,3)4/h9H,6-8H2,1-5H3/b18-11+. The summed E-state index contributed by atoms with van der Waals surface area (Å²) in [5.41, 5.74) is 0.628. The average molecular weight is 305 g/mol. The van der Waals surface area contributed by atoms with Gasteiger partial charge < -0.3 is 0 Å². The molecule has 120 valence electrons. The van der Waals surface area contributed by atoms with Crippen molar-refractivity contribution < 1.29 is 18.0 Å². The van der Waals surface area contributed by atoms with Gasteiger partial charge in [-0.3, -0.25) is 14.2 Å². The average Bonchev–Trinajstić information content (AvgIpc) is 2.62. The number of amides is 1. The third-order valence-electron chi connectivity index (χ3n) is 3.19. The first kappa shape index (κ1) is 17.5. The summed E-state index contributed by atoms with van der Waals surface area (Å²) in [7, 11) is 1.77. The topological polar surface area (TPSA) is 39.3 Å². The van der Waals surface area contributed by atoms with Crippen LogP contribution in [-0.2, 0) is 23.8 Å². The maximum Gasteiger partial charge on any atom is 0.473 e. The van der Waals surface area contributed by atoms with Gasteiger partial charge in [0.25, 0.3) is 0 Å². The fourth-order valence-corrected chi connectivity index (χ4v) is 2.11. The van der Waals surface area contributed by atoms with Gasteiger partial charge in [-0.15, -0.1) is 0 Å². The van der Waals surface area contributed by atoms with Crippen LogP contribution in [0.2, 0.25) is 0 Å². The molecule has 4 nitrogen and oxygen atoms in total. The van der Waals surface area contributed by atoms with Crippen molar-refractivity contribution in [3.8, 4) is 0 Å². The molecule has 0 saturated heterocycles. The summed E-state index contributed by atoms with van der Waals surface area (Å²) >= 11 is 0. The van der Waals surface area contributed by atoms with Crippen molar-refractivity contribution in [3.63, 3.8) is 0 Å². The van der Waals surface area contributed by atoms with E-state index in [1.54, 1.807) is 22.5 Å². The van der Waals surface area contributed by atoms with E-state index in [0.717, 1.165) is 18.5 Å². The Morgan fingerprint density at radius 2 is 1.86 bits per heavy atom. The van der Waals surface area contributed by atoms with Crippen molar-refractivity contribution in [2.24, 2.45) is 12.0 Å². The molecule has 0 saturated carbocycles. The minimum absolute atomic E-state index is 0.0539. The molecule has 0 N–H and O–H groups in total. The Balaban J connectivity index is 3.43. The highest BCUT2D eigenvalue weighted by atomic mass is 19.4. The normalized spacial score (nSPS) is 13.8. The maximum atomic E-state index is 12.4. The van der Waals surface area contributed by atoms with E-state index in [0.29, 0.717) is 6.54 Å². The lowest BCUT2D eigenvalue weighted by Crippen LogP contribution is -2.28.